The maximum atomic E-state index is 12.2. The predicted octanol–water partition coefficient (Wildman–Crippen LogP) is 2.60. The van der Waals surface area contributed by atoms with E-state index in [9.17, 15) is 8.42 Å². The molecule has 3 rings (SSSR count). The van der Waals surface area contributed by atoms with E-state index < -0.39 is 10.0 Å². The van der Waals surface area contributed by atoms with Crippen molar-refractivity contribution in [3.05, 3.63) is 66.2 Å². The lowest BCUT2D eigenvalue weighted by molar-refractivity contribution is 0.580. The Morgan fingerprint density at radius 3 is 2.31 bits per heavy atom. The van der Waals surface area contributed by atoms with Crippen LogP contribution in [0.25, 0.3) is 0 Å². The number of hydrogen-bond donors (Lipinski definition) is 3. The summed E-state index contributed by atoms with van der Waals surface area (Å²) in [4.78, 5) is 5.48. The summed E-state index contributed by atoms with van der Waals surface area (Å²) in [5.41, 5.74) is 0.937. The maximum Gasteiger partial charge on any atom is 0.213 e. The summed E-state index contributed by atoms with van der Waals surface area (Å²) in [5.74, 6) is 0.618. The van der Waals surface area contributed by atoms with Crippen LogP contribution in [0.5, 0.6) is 0 Å². The number of aliphatic imine (C=N–C) groups is 1. The molecule has 0 bridgehead atoms. The van der Waals surface area contributed by atoms with Crippen molar-refractivity contribution < 1.29 is 8.42 Å². The Hall–Kier alpha value is -2.03. The third kappa shape index (κ3) is 7.38. The molecule has 6 nitrogen and oxygen atoms in total. The number of nitrogens with one attached hydrogen (secondary N) is 3. The summed E-state index contributed by atoms with van der Waals surface area (Å²) in [7, 11) is -1.66. The van der Waals surface area contributed by atoms with E-state index in [0.717, 1.165) is 24.9 Å². The second kappa shape index (κ2) is 10.1. The Balaban J connectivity index is 1.39. The molecule has 8 heteroatoms. The van der Waals surface area contributed by atoms with Gasteiger partial charge >= 0.3 is 0 Å². The van der Waals surface area contributed by atoms with E-state index in [0.29, 0.717) is 19.0 Å². The van der Waals surface area contributed by atoms with Crippen molar-refractivity contribution in [1.82, 2.24) is 15.4 Å². The van der Waals surface area contributed by atoms with Crippen LogP contribution in [0, 0.1) is 0 Å². The quantitative estimate of drug-likeness (QED) is 0.397. The molecule has 0 heterocycles. The molecule has 0 unspecified atom stereocenters. The lowest BCUT2D eigenvalue weighted by Crippen LogP contribution is -2.43. The number of thioether (sulfide) groups is 1. The molecular formula is C21H28N4O2S2. The van der Waals surface area contributed by atoms with Gasteiger partial charge in [0.15, 0.2) is 5.96 Å². The van der Waals surface area contributed by atoms with Gasteiger partial charge in [0.2, 0.25) is 10.0 Å². The van der Waals surface area contributed by atoms with Crippen molar-refractivity contribution in [2.24, 2.45) is 4.99 Å². The second-order valence-corrected chi connectivity index (χ2v) is 10.5. The zero-order chi connectivity index (χ0) is 20.6. The van der Waals surface area contributed by atoms with Crippen molar-refractivity contribution in [1.29, 1.82) is 0 Å². The van der Waals surface area contributed by atoms with E-state index in [1.807, 2.05) is 48.2 Å². The fourth-order valence-electron chi connectivity index (χ4n) is 2.82. The minimum atomic E-state index is -3.35. The van der Waals surface area contributed by atoms with Crippen molar-refractivity contribution in [3.63, 3.8) is 0 Å². The van der Waals surface area contributed by atoms with Gasteiger partial charge in [0.05, 0.1) is 5.75 Å². The maximum absolute atomic E-state index is 12.2. The van der Waals surface area contributed by atoms with Crippen molar-refractivity contribution in [2.75, 3.05) is 25.9 Å². The average molecular weight is 433 g/mol. The number of nitrogens with zero attached hydrogens (tertiary/aromatic N) is 1. The molecule has 0 saturated heterocycles. The molecule has 1 aliphatic rings. The largest absolute Gasteiger partial charge is 0.355 e. The first-order valence-corrected chi connectivity index (χ1v) is 12.2. The minimum Gasteiger partial charge on any atom is -0.355 e. The van der Waals surface area contributed by atoms with E-state index in [1.165, 1.54) is 4.90 Å². The molecule has 0 amide bonds. The van der Waals surface area contributed by atoms with Crippen LogP contribution in [-0.4, -0.2) is 45.0 Å². The fourth-order valence-corrected chi connectivity index (χ4v) is 4.97. The summed E-state index contributed by atoms with van der Waals surface area (Å²) in [6.45, 7) is 1.39. The van der Waals surface area contributed by atoms with Crippen LogP contribution in [0.2, 0.25) is 0 Å². The number of benzene rings is 2. The molecule has 0 radical (unpaired) electrons. The van der Waals surface area contributed by atoms with E-state index in [-0.39, 0.29) is 10.5 Å². The van der Waals surface area contributed by atoms with Gasteiger partial charge in [0.1, 0.15) is 0 Å². The van der Waals surface area contributed by atoms with Crippen LogP contribution < -0.4 is 15.4 Å². The molecule has 29 heavy (non-hydrogen) atoms. The molecule has 2 aromatic rings. The Kier molecular flexibility index (Phi) is 7.57. The van der Waals surface area contributed by atoms with Gasteiger partial charge in [-0.05, 0) is 30.5 Å². The molecule has 2 aromatic carbocycles. The van der Waals surface area contributed by atoms with E-state index in [1.54, 1.807) is 7.05 Å². The fraction of sp³-hybridized carbons (Fsp3) is 0.381. The first-order chi connectivity index (χ1) is 14.0. The summed E-state index contributed by atoms with van der Waals surface area (Å²) >= 11 is 1.89. The third-order valence-corrected chi connectivity index (χ3v) is 7.51. The molecule has 0 aromatic heterocycles. The van der Waals surface area contributed by atoms with Gasteiger partial charge in [-0.3, -0.25) is 4.99 Å². The molecule has 1 aliphatic carbocycles. The van der Waals surface area contributed by atoms with Crippen LogP contribution in [-0.2, 0) is 16.6 Å². The molecule has 0 aliphatic heterocycles. The lowest BCUT2D eigenvalue weighted by atomic mass is 10.2. The van der Waals surface area contributed by atoms with Gasteiger partial charge in [0.25, 0.3) is 0 Å². The number of sulfonamides is 1. The number of hydrogen-bond acceptors (Lipinski definition) is 4. The number of rotatable bonds is 10. The van der Waals surface area contributed by atoms with E-state index >= 15 is 0 Å². The van der Waals surface area contributed by atoms with Gasteiger partial charge < -0.3 is 10.6 Å². The highest BCUT2D eigenvalue weighted by Gasteiger charge is 2.43. The standard InChI is InChI=1S/C21H28N4O2S2/c1-22-20(24-17-21(12-13-21)28-19-10-6-3-7-11-19)23-14-15-29(26,27)25-16-18-8-4-2-5-9-18/h2-11,25H,12-17H2,1H3,(H2,22,23,24). The Labute approximate surface area is 177 Å². The molecule has 156 valence electrons. The Bertz CT molecular complexity index is 899. The molecular weight excluding hydrogens is 404 g/mol. The van der Waals surface area contributed by atoms with Gasteiger partial charge in [-0.15, -0.1) is 11.8 Å². The molecule has 3 N–H and O–H groups in total. The molecule has 1 saturated carbocycles. The summed E-state index contributed by atoms with van der Waals surface area (Å²) < 4.78 is 27.2. The molecule has 0 atom stereocenters. The molecule has 0 spiro atoms. The van der Waals surface area contributed by atoms with Crippen LogP contribution in [0.1, 0.15) is 18.4 Å². The highest BCUT2D eigenvalue weighted by Crippen LogP contribution is 2.51. The second-order valence-electron chi connectivity index (χ2n) is 7.08. The van der Waals surface area contributed by atoms with Crippen LogP contribution in [0.3, 0.4) is 0 Å². The average Bonchev–Trinajstić information content (AvgIpc) is 3.50. The lowest BCUT2D eigenvalue weighted by Gasteiger charge is -2.18. The monoisotopic (exact) mass is 432 g/mol. The Morgan fingerprint density at radius 2 is 1.69 bits per heavy atom. The highest BCUT2D eigenvalue weighted by atomic mass is 32.2. The Morgan fingerprint density at radius 1 is 1.03 bits per heavy atom. The topological polar surface area (TPSA) is 82.6 Å². The van der Waals surface area contributed by atoms with Crippen LogP contribution in [0.15, 0.2) is 70.6 Å². The normalized spacial score (nSPS) is 15.7. The van der Waals surface area contributed by atoms with Crippen molar-refractivity contribution >= 4 is 27.7 Å². The van der Waals surface area contributed by atoms with Crippen LogP contribution >= 0.6 is 11.8 Å². The van der Waals surface area contributed by atoms with Gasteiger partial charge in [-0.2, -0.15) is 0 Å². The highest BCUT2D eigenvalue weighted by molar-refractivity contribution is 8.01. The third-order valence-electron chi connectivity index (χ3n) is 4.69. The predicted molar refractivity (Wildman–Crippen MR) is 121 cm³/mol. The SMILES string of the molecule is CN=C(NCCS(=O)(=O)NCc1ccccc1)NCC1(Sc2ccccc2)CC1. The zero-order valence-electron chi connectivity index (χ0n) is 16.6. The van der Waals surface area contributed by atoms with Gasteiger partial charge in [-0.25, -0.2) is 13.1 Å². The van der Waals surface area contributed by atoms with Crippen molar-refractivity contribution in [3.8, 4) is 0 Å². The first kappa shape index (κ1) is 21.7. The minimum absolute atomic E-state index is 0.00948. The van der Waals surface area contributed by atoms with E-state index in [4.69, 9.17) is 0 Å². The number of guanidine groups is 1. The van der Waals surface area contributed by atoms with Gasteiger partial charge in [-0.1, -0.05) is 48.5 Å². The summed E-state index contributed by atoms with van der Waals surface area (Å²) in [5, 5.41) is 6.44. The van der Waals surface area contributed by atoms with Crippen LogP contribution in [0.4, 0.5) is 0 Å². The summed E-state index contributed by atoms with van der Waals surface area (Å²) in [6.07, 6.45) is 2.32. The smallest absolute Gasteiger partial charge is 0.213 e. The molecule has 1 fully saturated rings. The zero-order valence-corrected chi connectivity index (χ0v) is 18.2. The van der Waals surface area contributed by atoms with Crippen molar-refractivity contribution in [2.45, 2.75) is 29.0 Å². The van der Waals surface area contributed by atoms with Gasteiger partial charge in [0, 0.05) is 36.3 Å². The van der Waals surface area contributed by atoms with E-state index in [2.05, 4.69) is 44.6 Å². The summed E-state index contributed by atoms with van der Waals surface area (Å²) in [6, 6.07) is 19.9. The first-order valence-electron chi connectivity index (χ1n) is 9.70.